The lowest BCUT2D eigenvalue weighted by molar-refractivity contribution is 0.573. The van der Waals surface area contributed by atoms with Crippen molar-refractivity contribution in [3.8, 4) is 0 Å². The van der Waals surface area contributed by atoms with Crippen LogP contribution in [-0.2, 0) is 10.0 Å². The van der Waals surface area contributed by atoms with Crippen molar-refractivity contribution in [1.82, 2.24) is 4.72 Å². The van der Waals surface area contributed by atoms with E-state index in [0.717, 1.165) is 14.9 Å². The predicted octanol–water partition coefficient (Wildman–Crippen LogP) is 4.58. The lowest BCUT2D eigenvalue weighted by Gasteiger charge is -2.18. The monoisotopic (exact) mass is 407 g/mol. The third-order valence-corrected chi connectivity index (χ3v) is 6.19. The molecule has 0 aliphatic carbocycles. The first-order valence-corrected chi connectivity index (χ1v) is 10.1. The van der Waals surface area contributed by atoms with Gasteiger partial charge in [0.25, 0.3) is 0 Å². The fourth-order valence-corrected chi connectivity index (χ4v) is 4.93. The first-order chi connectivity index (χ1) is 11.1. The maximum absolute atomic E-state index is 12.7. The second kappa shape index (κ2) is 6.97. The topological polar surface area (TPSA) is 46.2 Å². The summed E-state index contributed by atoms with van der Waals surface area (Å²) in [4.78, 5) is 1.19. The standard InChI is InChI=1S/C17H14BrNO2S2/c18-14-8-4-9-15(12-14)23(20,21)19-17(16-10-5-11-22-16)13-6-2-1-3-7-13/h1-12,17,19H/t17-/m0/s1. The highest BCUT2D eigenvalue weighted by atomic mass is 79.9. The number of nitrogens with one attached hydrogen (secondary N) is 1. The van der Waals surface area contributed by atoms with Gasteiger partial charge in [-0.3, -0.25) is 0 Å². The maximum atomic E-state index is 12.7. The Labute approximate surface area is 148 Å². The number of sulfonamides is 1. The van der Waals surface area contributed by atoms with Gasteiger partial charge in [0.1, 0.15) is 0 Å². The fourth-order valence-electron chi connectivity index (χ4n) is 2.25. The van der Waals surface area contributed by atoms with Crippen LogP contribution < -0.4 is 4.72 Å². The number of rotatable bonds is 5. The lowest BCUT2D eigenvalue weighted by atomic mass is 10.1. The molecule has 0 fully saturated rings. The minimum atomic E-state index is -3.63. The van der Waals surface area contributed by atoms with Gasteiger partial charge in [0.05, 0.1) is 10.9 Å². The molecule has 0 spiro atoms. The van der Waals surface area contributed by atoms with Gasteiger partial charge in [-0.05, 0) is 35.2 Å². The smallest absolute Gasteiger partial charge is 0.207 e. The van der Waals surface area contributed by atoms with E-state index in [9.17, 15) is 8.42 Å². The van der Waals surface area contributed by atoms with E-state index >= 15 is 0 Å². The SMILES string of the molecule is O=S(=O)(N[C@@H](c1ccccc1)c1cccs1)c1cccc(Br)c1. The molecule has 3 aromatic rings. The molecule has 0 bridgehead atoms. The highest BCUT2D eigenvalue weighted by molar-refractivity contribution is 9.10. The van der Waals surface area contributed by atoms with E-state index in [4.69, 9.17) is 0 Å². The first kappa shape index (κ1) is 16.4. The fraction of sp³-hybridized carbons (Fsp3) is 0.0588. The van der Waals surface area contributed by atoms with Crippen molar-refractivity contribution in [2.45, 2.75) is 10.9 Å². The molecule has 0 saturated heterocycles. The predicted molar refractivity (Wildman–Crippen MR) is 97.1 cm³/mol. The Morgan fingerprint density at radius 1 is 0.957 bits per heavy atom. The summed E-state index contributed by atoms with van der Waals surface area (Å²) in [5.74, 6) is 0. The molecular weight excluding hydrogens is 394 g/mol. The molecule has 0 amide bonds. The van der Waals surface area contributed by atoms with Crippen LogP contribution in [0, 0.1) is 0 Å². The van der Waals surface area contributed by atoms with Gasteiger partial charge in [-0.25, -0.2) is 8.42 Å². The molecule has 3 nitrogen and oxygen atoms in total. The third kappa shape index (κ3) is 3.90. The summed E-state index contributed by atoms with van der Waals surface area (Å²) in [6.45, 7) is 0. The van der Waals surface area contributed by atoms with Crippen molar-refractivity contribution in [3.05, 3.63) is 87.0 Å². The van der Waals surface area contributed by atoms with Gasteiger partial charge >= 0.3 is 0 Å². The highest BCUT2D eigenvalue weighted by Crippen LogP contribution is 2.28. The number of hydrogen-bond donors (Lipinski definition) is 1. The average Bonchev–Trinajstić information content (AvgIpc) is 3.08. The van der Waals surface area contributed by atoms with Crippen molar-refractivity contribution in [2.24, 2.45) is 0 Å². The zero-order chi connectivity index (χ0) is 16.3. The Bertz CT molecular complexity index is 878. The van der Waals surface area contributed by atoms with Gasteiger partial charge in [-0.1, -0.05) is 58.4 Å². The molecule has 6 heteroatoms. The maximum Gasteiger partial charge on any atom is 0.241 e. The van der Waals surface area contributed by atoms with Crippen LogP contribution in [0.3, 0.4) is 0 Å². The van der Waals surface area contributed by atoms with E-state index in [1.165, 1.54) is 11.3 Å². The van der Waals surface area contributed by atoms with Crippen molar-refractivity contribution >= 4 is 37.3 Å². The van der Waals surface area contributed by atoms with Crippen LogP contribution in [0.1, 0.15) is 16.5 Å². The minimum Gasteiger partial charge on any atom is -0.207 e. The third-order valence-electron chi connectivity index (χ3n) is 3.34. The van der Waals surface area contributed by atoms with Gasteiger partial charge in [-0.15, -0.1) is 11.3 Å². The second-order valence-electron chi connectivity index (χ2n) is 4.94. The van der Waals surface area contributed by atoms with E-state index in [1.54, 1.807) is 24.3 Å². The van der Waals surface area contributed by atoms with Crippen LogP contribution >= 0.6 is 27.3 Å². The molecule has 0 radical (unpaired) electrons. The second-order valence-corrected chi connectivity index (χ2v) is 8.55. The average molecular weight is 408 g/mol. The van der Waals surface area contributed by atoms with Gasteiger partial charge in [0, 0.05) is 9.35 Å². The van der Waals surface area contributed by atoms with Crippen LogP contribution in [0.15, 0.2) is 81.5 Å². The zero-order valence-corrected chi connectivity index (χ0v) is 15.2. The molecule has 0 aliphatic heterocycles. The quantitative estimate of drug-likeness (QED) is 0.672. The summed E-state index contributed by atoms with van der Waals surface area (Å²) in [6.07, 6.45) is 0. The van der Waals surface area contributed by atoms with Crippen LogP contribution in [-0.4, -0.2) is 8.42 Å². The van der Waals surface area contributed by atoms with E-state index < -0.39 is 16.1 Å². The number of thiophene rings is 1. The molecule has 1 atom stereocenters. The van der Waals surface area contributed by atoms with Crippen LogP contribution in [0.2, 0.25) is 0 Å². The Morgan fingerprint density at radius 3 is 2.39 bits per heavy atom. The summed E-state index contributed by atoms with van der Waals surface area (Å²) in [7, 11) is -3.63. The summed E-state index contributed by atoms with van der Waals surface area (Å²) in [6, 6.07) is 19.7. The molecule has 0 unspecified atom stereocenters. The first-order valence-electron chi connectivity index (χ1n) is 6.92. The number of benzene rings is 2. The van der Waals surface area contributed by atoms with Crippen molar-refractivity contribution in [2.75, 3.05) is 0 Å². The largest absolute Gasteiger partial charge is 0.241 e. The minimum absolute atomic E-state index is 0.240. The summed E-state index contributed by atoms with van der Waals surface area (Å²) in [5, 5.41) is 1.94. The summed E-state index contributed by atoms with van der Waals surface area (Å²) < 4.78 is 29.0. The molecule has 2 aromatic carbocycles. The van der Waals surface area contributed by atoms with Crippen molar-refractivity contribution in [3.63, 3.8) is 0 Å². The van der Waals surface area contributed by atoms with Crippen LogP contribution in [0.25, 0.3) is 0 Å². The molecule has 1 aromatic heterocycles. The van der Waals surface area contributed by atoms with E-state index in [1.807, 2.05) is 47.8 Å². The Kier molecular flexibility index (Phi) is 4.96. The molecule has 118 valence electrons. The van der Waals surface area contributed by atoms with Crippen molar-refractivity contribution < 1.29 is 8.42 Å². The molecule has 0 aliphatic rings. The van der Waals surface area contributed by atoms with Gasteiger partial charge in [0.2, 0.25) is 10.0 Å². The van der Waals surface area contributed by atoms with Gasteiger partial charge in [-0.2, -0.15) is 4.72 Å². The molecule has 3 rings (SSSR count). The van der Waals surface area contributed by atoms with Crippen LogP contribution in [0.4, 0.5) is 0 Å². The van der Waals surface area contributed by atoms with Gasteiger partial charge < -0.3 is 0 Å². The summed E-state index contributed by atoms with van der Waals surface area (Å²) in [5.41, 5.74) is 0.911. The molecule has 23 heavy (non-hydrogen) atoms. The summed E-state index contributed by atoms with van der Waals surface area (Å²) >= 11 is 4.84. The van der Waals surface area contributed by atoms with Crippen LogP contribution in [0.5, 0.6) is 0 Å². The Hall–Kier alpha value is -1.47. The zero-order valence-electron chi connectivity index (χ0n) is 12.0. The molecule has 1 heterocycles. The Balaban J connectivity index is 1.99. The molecule has 1 N–H and O–H groups in total. The number of halogens is 1. The van der Waals surface area contributed by atoms with E-state index in [0.29, 0.717) is 0 Å². The normalized spacial score (nSPS) is 12.9. The number of hydrogen-bond acceptors (Lipinski definition) is 3. The highest BCUT2D eigenvalue weighted by Gasteiger charge is 2.23. The van der Waals surface area contributed by atoms with Gasteiger partial charge in [0.15, 0.2) is 0 Å². The molecular formula is C17H14BrNO2S2. The Morgan fingerprint density at radius 2 is 1.74 bits per heavy atom. The van der Waals surface area contributed by atoms with E-state index in [-0.39, 0.29) is 4.90 Å². The molecule has 0 saturated carbocycles. The van der Waals surface area contributed by atoms with E-state index in [2.05, 4.69) is 20.7 Å². The lowest BCUT2D eigenvalue weighted by Crippen LogP contribution is -2.29. The van der Waals surface area contributed by atoms with Crippen molar-refractivity contribution in [1.29, 1.82) is 0 Å².